The Morgan fingerprint density at radius 1 is 1.00 bits per heavy atom. The standard InChI is InChI=1S/C27H29N3O4/c1-16-13-25(29-22-10-7-19(8-11-22)27(33)34)24-15-21(9-12-26(24)30(16)18(3)32)20-5-4-6-23(14-20)28-17(2)31/h4-12,14-16,18,25,29,32H,13H2,1-3H3,(H,28,31)(H,33,34)/t16-,18?,25+/m0/s1. The number of aliphatic hydroxyl groups is 1. The number of carboxylic acids is 1. The number of carbonyl (C=O) groups is 2. The fourth-order valence-corrected chi connectivity index (χ4v) is 4.66. The van der Waals surface area contributed by atoms with Crippen molar-refractivity contribution in [3.63, 3.8) is 0 Å². The second-order valence-corrected chi connectivity index (χ2v) is 8.74. The van der Waals surface area contributed by atoms with Crippen molar-refractivity contribution in [2.45, 2.75) is 45.5 Å². The van der Waals surface area contributed by atoms with Crippen molar-refractivity contribution in [3.8, 4) is 11.1 Å². The first-order chi connectivity index (χ1) is 16.2. The van der Waals surface area contributed by atoms with E-state index in [1.807, 2.05) is 41.3 Å². The number of aromatic carboxylic acids is 1. The normalized spacial score (nSPS) is 18.1. The lowest BCUT2D eigenvalue weighted by Gasteiger charge is -2.43. The number of aliphatic hydroxyl groups excluding tert-OH is 1. The first-order valence-corrected chi connectivity index (χ1v) is 11.3. The number of hydrogen-bond donors (Lipinski definition) is 4. The van der Waals surface area contributed by atoms with E-state index in [0.717, 1.165) is 40.2 Å². The van der Waals surface area contributed by atoms with Gasteiger partial charge in [0.25, 0.3) is 0 Å². The highest BCUT2D eigenvalue weighted by molar-refractivity contribution is 5.90. The van der Waals surface area contributed by atoms with Gasteiger partial charge in [0, 0.05) is 30.0 Å². The number of carboxylic acid groups (broad SMARTS) is 1. The predicted molar refractivity (Wildman–Crippen MR) is 134 cm³/mol. The molecule has 3 atom stereocenters. The van der Waals surface area contributed by atoms with Crippen LogP contribution in [0, 0.1) is 0 Å². The molecule has 1 aliphatic rings. The molecular weight excluding hydrogens is 430 g/mol. The zero-order valence-electron chi connectivity index (χ0n) is 19.4. The quantitative estimate of drug-likeness (QED) is 0.409. The average molecular weight is 460 g/mol. The first-order valence-electron chi connectivity index (χ1n) is 11.3. The lowest BCUT2D eigenvalue weighted by Crippen LogP contribution is -2.45. The lowest BCUT2D eigenvalue weighted by atomic mass is 9.88. The van der Waals surface area contributed by atoms with E-state index in [-0.39, 0.29) is 23.6 Å². The molecule has 7 nitrogen and oxygen atoms in total. The Bertz CT molecular complexity index is 1210. The zero-order valence-corrected chi connectivity index (χ0v) is 19.4. The number of carbonyl (C=O) groups excluding carboxylic acids is 1. The maximum absolute atomic E-state index is 11.5. The molecule has 3 aromatic rings. The maximum atomic E-state index is 11.5. The van der Waals surface area contributed by atoms with E-state index in [4.69, 9.17) is 0 Å². The van der Waals surface area contributed by atoms with Crippen LogP contribution in [0.15, 0.2) is 66.7 Å². The van der Waals surface area contributed by atoms with Crippen molar-refractivity contribution in [1.82, 2.24) is 0 Å². The molecule has 0 fully saturated rings. The molecule has 4 N–H and O–H groups in total. The highest BCUT2D eigenvalue weighted by Gasteiger charge is 2.32. The van der Waals surface area contributed by atoms with Crippen LogP contribution in [0.4, 0.5) is 17.1 Å². The van der Waals surface area contributed by atoms with Crippen LogP contribution in [0.25, 0.3) is 11.1 Å². The van der Waals surface area contributed by atoms with Crippen LogP contribution in [0.2, 0.25) is 0 Å². The van der Waals surface area contributed by atoms with E-state index in [1.165, 1.54) is 6.92 Å². The van der Waals surface area contributed by atoms with Gasteiger partial charge in [-0.3, -0.25) is 4.79 Å². The highest BCUT2D eigenvalue weighted by Crippen LogP contribution is 2.42. The molecule has 0 saturated carbocycles. The van der Waals surface area contributed by atoms with Gasteiger partial charge in [0.15, 0.2) is 0 Å². The molecule has 1 heterocycles. The monoisotopic (exact) mass is 459 g/mol. The van der Waals surface area contributed by atoms with E-state index in [2.05, 4.69) is 23.6 Å². The number of fused-ring (bicyclic) bond motifs is 1. The van der Waals surface area contributed by atoms with Gasteiger partial charge in [-0.05, 0) is 85.5 Å². The second kappa shape index (κ2) is 9.57. The van der Waals surface area contributed by atoms with Crippen molar-refractivity contribution >= 4 is 28.9 Å². The predicted octanol–water partition coefficient (Wildman–Crippen LogP) is 5.10. The molecule has 0 bridgehead atoms. The summed E-state index contributed by atoms with van der Waals surface area (Å²) in [6, 6.07) is 20.6. The molecule has 1 amide bonds. The van der Waals surface area contributed by atoms with Crippen LogP contribution >= 0.6 is 0 Å². The van der Waals surface area contributed by atoms with E-state index >= 15 is 0 Å². The Hall–Kier alpha value is -3.84. The molecule has 0 aliphatic carbocycles. The number of benzene rings is 3. The summed E-state index contributed by atoms with van der Waals surface area (Å²) in [6.45, 7) is 5.34. The summed E-state index contributed by atoms with van der Waals surface area (Å²) in [5.41, 5.74) is 5.77. The Labute approximate surface area is 199 Å². The Balaban J connectivity index is 1.72. The molecule has 0 spiro atoms. The van der Waals surface area contributed by atoms with Gasteiger partial charge in [0.2, 0.25) is 5.91 Å². The minimum Gasteiger partial charge on any atom is -0.478 e. The third-order valence-electron chi connectivity index (χ3n) is 6.12. The van der Waals surface area contributed by atoms with Gasteiger partial charge >= 0.3 is 5.97 Å². The largest absolute Gasteiger partial charge is 0.478 e. The molecule has 1 aliphatic heterocycles. The van der Waals surface area contributed by atoms with Crippen LogP contribution in [0.5, 0.6) is 0 Å². The number of hydrogen-bond acceptors (Lipinski definition) is 5. The second-order valence-electron chi connectivity index (χ2n) is 8.74. The topological polar surface area (TPSA) is 102 Å². The molecule has 176 valence electrons. The Morgan fingerprint density at radius 3 is 2.35 bits per heavy atom. The number of amides is 1. The molecule has 3 aromatic carbocycles. The van der Waals surface area contributed by atoms with Crippen molar-refractivity contribution in [1.29, 1.82) is 0 Å². The minimum atomic E-state index is -0.957. The number of anilines is 3. The van der Waals surface area contributed by atoms with Gasteiger partial charge in [0.05, 0.1) is 11.6 Å². The number of nitrogens with one attached hydrogen (secondary N) is 2. The van der Waals surface area contributed by atoms with Crippen molar-refractivity contribution in [2.24, 2.45) is 0 Å². The molecule has 1 unspecified atom stereocenters. The summed E-state index contributed by atoms with van der Waals surface area (Å²) < 4.78 is 0. The van der Waals surface area contributed by atoms with E-state index in [0.29, 0.717) is 0 Å². The van der Waals surface area contributed by atoms with Gasteiger partial charge in [-0.15, -0.1) is 0 Å². The fraction of sp³-hybridized carbons (Fsp3) is 0.259. The van der Waals surface area contributed by atoms with Crippen LogP contribution in [-0.4, -0.2) is 34.4 Å². The third-order valence-corrected chi connectivity index (χ3v) is 6.12. The molecule has 7 heteroatoms. The summed E-state index contributed by atoms with van der Waals surface area (Å²) in [5.74, 6) is -1.08. The van der Waals surface area contributed by atoms with Crippen LogP contribution < -0.4 is 15.5 Å². The summed E-state index contributed by atoms with van der Waals surface area (Å²) in [6.07, 6.45) is 0.118. The van der Waals surface area contributed by atoms with E-state index in [9.17, 15) is 19.8 Å². The summed E-state index contributed by atoms with van der Waals surface area (Å²) >= 11 is 0. The smallest absolute Gasteiger partial charge is 0.335 e. The summed E-state index contributed by atoms with van der Waals surface area (Å²) in [7, 11) is 0. The van der Waals surface area contributed by atoms with Gasteiger partial charge in [-0.1, -0.05) is 18.2 Å². The average Bonchev–Trinajstić information content (AvgIpc) is 2.78. The number of nitrogens with zero attached hydrogens (tertiary/aromatic N) is 1. The SMILES string of the molecule is CC(=O)Nc1cccc(-c2ccc3c(c2)[C@H](Nc2ccc(C(=O)O)cc2)C[C@H](C)N3C(C)O)c1. The van der Waals surface area contributed by atoms with E-state index in [1.54, 1.807) is 31.2 Å². The Kier molecular flexibility index (Phi) is 6.56. The van der Waals surface area contributed by atoms with Crippen molar-refractivity contribution in [2.75, 3.05) is 15.5 Å². The Morgan fingerprint density at radius 2 is 1.71 bits per heavy atom. The highest BCUT2D eigenvalue weighted by atomic mass is 16.4. The molecule has 4 rings (SSSR count). The summed E-state index contributed by atoms with van der Waals surface area (Å²) in [4.78, 5) is 24.7. The number of rotatable bonds is 6. The van der Waals surface area contributed by atoms with Gasteiger partial charge < -0.3 is 25.7 Å². The fourth-order valence-electron chi connectivity index (χ4n) is 4.66. The third kappa shape index (κ3) is 4.89. The van der Waals surface area contributed by atoms with Crippen molar-refractivity contribution in [3.05, 3.63) is 77.9 Å². The molecule has 34 heavy (non-hydrogen) atoms. The van der Waals surface area contributed by atoms with Crippen LogP contribution in [-0.2, 0) is 4.79 Å². The maximum Gasteiger partial charge on any atom is 0.335 e. The molecule has 0 saturated heterocycles. The van der Waals surface area contributed by atoms with Crippen molar-refractivity contribution < 1.29 is 19.8 Å². The van der Waals surface area contributed by atoms with Crippen LogP contribution in [0.1, 0.15) is 49.2 Å². The summed E-state index contributed by atoms with van der Waals surface area (Å²) in [5, 5.41) is 26.0. The lowest BCUT2D eigenvalue weighted by molar-refractivity contribution is -0.114. The zero-order chi connectivity index (χ0) is 24.4. The van der Waals surface area contributed by atoms with E-state index < -0.39 is 12.2 Å². The van der Waals surface area contributed by atoms with Gasteiger partial charge in [-0.2, -0.15) is 0 Å². The minimum absolute atomic E-state index is 0.0332. The van der Waals surface area contributed by atoms with Gasteiger partial charge in [-0.25, -0.2) is 4.79 Å². The first kappa shape index (κ1) is 23.3. The molecule has 0 aromatic heterocycles. The van der Waals surface area contributed by atoms with Crippen LogP contribution in [0.3, 0.4) is 0 Å². The van der Waals surface area contributed by atoms with Gasteiger partial charge in [0.1, 0.15) is 6.23 Å². The molecular formula is C27H29N3O4. The molecule has 0 radical (unpaired) electrons.